The van der Waals surface area contributed by atoms with Crippen molar-refractivity contribution < 1.29 is 32.6 Å². The van der Waals surface area contributed by atoms with Crippen LogP contribution < -0.4 is 10.0 Å². The first-order valence-corrected chi connectivity index (χ1v) is 8.57. The van der Waals surface area contributed by atoms with Crippen LogP contribution >= 0.6 is 0 Å². The molecule has 2 aliphatic rings. The summed E-state index contributed by atoms with van der Waals surface area (Å²) in [6.45, 7) is 0.125. The number of carbonyl (C=O) groups is 2. The van der Waals surface area contributed by atoms with Gasteiger partial charge in [0.2, 0.25) is 0 Å². The minimum absolute atomic E-state index is 0.104. The van der Waals surface area contributed by atoms with E-state index in [4.69, 9.17) is 5.11 Å². The van der Waals surface area contributed by atoms with Crippen molar-refractivity contribution in [2.24, 2.45) is 12.2 Å². The maximum Gasteiger partial charge on any atom is 0.431 e. The third-order valence-corrected chi connectivity index (χ3v) is 4.71. The molecular formula is C11H15N7O7S. The Balaban J connectivity index is 2.00. The van der Waals surface area contributed by atoms with Crippen LogP contribution in [0.15, 0.2) is 11.4 Å². The van der Waals surface area contributed by atoms with Crippen LogP contribution in [0.3, 0.4) is 0 Å². The fraction of sp³-hybridized carbons (Fsp3) is 0.455. The average molecular weight is 389 g/mol. The van der Waals surface area contributed by atoms with E-state index in [2.05, 4.69) is 19.9 Å². The first-order valence-electron chi connectivity index (χ1n) is 7.16. The highest BCUT2D eigenvalue weighted by Crippen LogP contribution is 2.42. The van der Waals surface area contributed by atoms with Gasteiger partial charge in [-0.05, 0) is 5.16 Å². The first-order chi connectivity index (χ1) is 12.2. The fourth-order valence-corrected chi connectivity index (χ4v) is 3.41. The van der Waals surface area contributed by atoms with Gasteiger partial charge in [0.15, 0.2) is 5.84 Å². The number of likely N-dealkylation sites (N-methyl/N-ethyl adjacent to an activating group) is 1. The number of nitrogens with zero attached hydrogens (tertiary/aromatic N) is 5. The Morgan fingerprint density at radius 1 is 1.50 bits per heavy atom. The number of carboxylic acid groups (broad SMARTS) is 1. The summed E-state index contributed by atoms with van der Waals surface area (Å²) in [5, 5.41) is 29.2. The minimum atomic E-state index is -4.70. The summed E-state index contributed by atoms with van der Waals surface area (Å²) in [5.41, 5.74) is 1.06. The lowest BCUT2D eigenvalue weighted by molar-refractivity contribution is -0.0586. The van der Waals surface area contributed by atoms with Crippen molar-refractivity contribution in [3.8, 4) is 0 Å². The summed E-state index contributed by atoms with van der Waals surface area (Å²) in [7, 11) is -1.67. The number of hydroxylamine groups is 2. The van der Waals surface area contributed by atoms with Crippen LogP contribution in [0.4, 0.5) is 9.59 Å². The van der Waals surface area contributed by atoms with Crippen molar-refractivity contribution in [1.82, 2.24) is 29.8 Å². The molecule has 1 aromatic heterocycles. The molecule has 0 aromatic carbocycles. The van der Waals surface area contributed by atoms with E-state index < -0.39 is 34.5 Å². The van der Waals surface area contributed by atoms with Crippen LogP contribution in [0.1, 0.15) is 23.3 Å². The van der Waals surface area contributed by atoms with Gasteiger partial charge in [-0.2, -0.15) is 23.3 Å². The maximum absolute atomic E-state index is 12.3. The van der Waals surface area contributed by atoms with Gasteiger partial charge in [0.1, 0.15) is 12.1 Å². The molecule has 0 spiro atoms. The normalized spacial score (nSPS) is 22.3. The molecule has 1 saturated heterocycles. The van der Waals surface area contributed by atoms with Crippen LogP contribution in [0.2, 0.25) is 0 Å². The number of nitrogens with one attached hydrogen (secondary N) is 2. The number of rotatable bonds is 4. The number of aryl methyl sites for hydroxylation is 1. The number of amidine groups is 1. The van der Waals surface area contributed by atoms with Crippen LogP contribution in [-0.4, -0.2) is 70.0 Å². The topological polar surface area (TPSA) is 179 Å². The second-order valence-electron chi connectivity index (χ2n) is 5.47. The SMILES string of the molecule is CN/C(=N\OS(=O)(=O)NC(=O)O)[C@@H]1c2c(cnn2C)[C@@H]2CN1C(=O)N2O. The number of hydrogen-bond acceptors (Lipinski definition) is 8. The van der Waals surface area contributed by atoms with Gasteiger partial charge >= 0.3 is 22.4 Å². The highest BCUT2D eigenvalue weighted by Gasteiger charge is 2.51. The Hall–Kier alpha value is -3.07. The average Bonchev–Trinajstić information content (AvgIpc) is 3.04. The van der Waals surface area contributed by atoms with Gasteiger partial charge < -0.3 is 15.3 Å². The Labute approximate surface area is 146 Å². The standard InChI is InChI=1S/C11H15N7O7S/c1-12-9(14-25-26(23,24)15-10(19)20)8-7-5(3-13-16(7)2)6-4-17(8)11(21)18(6)22/h3,6,8,15,22H,4H2,1-2H3,(H,12,14)(H,19,20)/t6-,8-/m0/s1. The zero-order chi connectivity index (χ0) is 19.2. The largest absolute Gasteiger partial charge is 0.464 e. The molecule has 2 aliphatic heterocycles. The summed E-state index contributed by atoms with van der Waals surface area (Å²) >= 11 is 0. The predicted octanol–water partition coefficient (Wildman–Crippen LogP) is -1.30. The van der Waals surface area contributed by atoms with Gasteiger partial charge in [-0.3, -0.25) is 14.2 Å². The Morgan fingerprint density at radius 3 is 2.81 bits per heavy atom. The van der Waals surface area contributed by atoms with Crippen LogP contribution in [0, 0.1) is 0 Å². The fourth-order valence-electron chi connectivity index (χ4n) is 2.98. The molecule has 15 heteroatoms. The third-order valence-electron chi connectivity index (χ3n) is 4.01. The minimum Gasteiger partial charge on any atom is -0.464 e. The van der Waals surface area contributed by atoms with E-state index >= 15 is 0 Å². The molecule has 4 N–H and O–H groups in total. The van der Waals surface area contributed by atoms with Crippen molar-refractivity contribution in [1.29, 1.82) is 0 Å². The Bertz CT molecular complexity index is 895. The lowest BCUT2D eigenvalue weighted by Gasteiger charge is -2.31. The van der Waals surface area contributed by atoms with Gasteiger partial charge in [-0.25, -0.2) is 9.59 Å². The summed E-state index contributed by atoms with van der Waals surface area (Å²) in [4.78, 5) is 24.0. The van der Waals surface area contributed by atoms with E-state index in [0.717, 1.165) is 4.72 Å². The predicted molar refractivity (Wildman–Crippen MR) is 82.1 cm³/mol. The van der Waals surface area contributed by atoms with E-state index in [1.165, 1.54) is 22.8 Å². The van der Waals surface area contributed by atoms with E-state index in [9.17, 15) is 23.2 Å². The summed E-state index contributed by atoms with van der Waals surface area (Å²) in [5.74, 6) is -0.104. The van der Waals surface area contributed by atoms with Crippen molar-refractivity contribution in [2.45, 2.75) is 12.1 Å². The van der Waals surface area contributed by atoms with Crippen LogP contribution in [0.5, 0.6) is 0 Å². The molecule has 0 unspecified atom stereocenters. The molecule has 0 saturated carbocycles. The van der Waals surface area contributed by atoms with E-state index in [1.807, 2.05) is 0 Å². The Morgan fingerprint density at radius 2 is 2.19 bits per heavy atom. The van der Waals surface area contributed by atoms with E-state index in [1.54, 1.807) is 7.05 Å². The van der Waals surface area contributed by atoms with Gasteiger partial charge in [-0.15, -0.1) is 0 Å². The zero-order valence-electron chi connectivity index (χ0n) is 13.5. The molecular weight excluding hydrogens is 374 g/mol. The number of carbonyl (C=O) groups excluding carboxylic acids is 1. The molecule has 0 radical (unpaired) electrons. The highest BCUT2D eigenvalue weighted by molar-refractivity contribution is 7.85. The molecule has 3 heterocycles. The van der Waals surface area contributed by atoms with Crippen molar-refractivity contribution in [2.75, 3.05) is 13.6 Å². The monoisotopic (exact) mass is 389 g/mol. The number of aromatic nitrogens is 2. The lowest BCUT2D eigenvalue weighted by Crippen LogP contribution is -2.43. The second kappa shape index (κ2) is 6.03. The number of hydrogen-bond donors (Lipinski definition) is 4. The van der Waals surface area contributed by atoms with Crippen LogP contribution in [0.25, 0.3) is 0 Å². The highest BCUT2D eigenvalue weighted by atomic mass is 32.2. The molecule has 142 valence electrons. The van der Waals surface area contributed by atoms with Gasteiger partial charge in [0, 0.05) is 19.7 Å². The number of oxime groups is 1. The van der Waals surface area contributed by atoms with E-state index in [-0.39, 0.29) is 12.4 Å². The molecule has 1 fully saturated rings. The second-order valence-corrected chi connectivity index (χ2v) is 6.73. The van der Waals surface area contributed by atoms with Gasteiger partial charge in [0.05, 0.1) is 18.4 Å². The lowest BCUT2D eigenvalue weighted by atomic mass is 9.97. The van der Waals surface area contributed by atoms with Crippen molar-refractivity contribution >= 4 is 28.3 Å². The molecule has 26 heavy (non-hydrogen) atoms. The molecule has 1 aromatic rings. The van der Waals surface area contributed by atoms with Gasteiger partial charge in [0.25, 0.3) is 0 Å². The zero-order valence-corrected chi connectivity index (χ0v) is 14.3. The smallest absolute Gasteiger partial charge is 0.431 e. The molecule has 3 rings (SSSR count). The number of fused-ring (bicyclic) bond motifs is 4. The van der Waals surface area contributed by atoms with E-state index in [0.29, 0.717) is 16.3 Å². The number of urea groups is 1. The summed E-state index contributed by atoms with van der Waals surface area (Å²) in [6.07, 6.45) is -0.352. The molecule has 2 atom stereocenters. The quantitative estimate of drug-likeness (QED) is 0.211. The third kappa shape index (κ3) is 2.76. The van der Waals surface area contributed by atoms with Crippen molar-refractivity contribution in [3.63, 3.8) is 0 Å². The van der Waals surface area contributed by atoms with Crippen molar-refractivity contribution in [3.05, 3.63) is 17.5 Å². The molecule has 3 amide bonds. The summed E-state index contributed by atoms with van der Waals surface area (Å²) < 4.78 is 29.9. The molecule has 2 bridgehead atoms. The molecule has 0 aliphatic carbocycles. The Kier molecular flexibility index (Phi) is 4.11. The molecule has 14 nitrogen and oxygen atoms in total. The maximum atomic E-state index is 12.3. The van der Waals surface area contributed by atoms with Crippen LogP contribution in [-0.2, 0) is 21.6 Å². The number of amides is 3. The first kappa shape index (κ1) is 17.7. The summed E-state index contributed by atoms with van der Waals surface area (Å²) in [6, 6.07) is -2.24. The van der Waals surface area contributed by atoms with Gasteiger partial charge in [-0.1, -0.05) is 0 Å².